The molecule has 0 fully saturated rings. The zero-order valence-electron chi connectivity index (χ0n) is 12.8. The first-order chi connectivity index (χ1) is 11.5. The Morgan fingerprint density at radius 3 is 2.25 bits per heavy atom. The number of hydrogen-bond acceptors (Lipinski definition) is 5. The van der Waals surface area contributed by atoms with E-state index in [2.05, 4.69) is 10.6 Å². The molecule has 0 atom stereocenters. The molecule has 2 amide bonds. The van der Waals surface area contributed by atoms with Gasteiger partial charge in [0.1, 0.15) is 5.75 Å². The summed E-state index contributed by atoms with van der Waals surface area (Å²) >= 11 is 0. The van der Waals surface area contributed by atoms with E-state index in [0.29, 0.717) is 18.0 Å². The second-order valence-corrected chi connectivity index (χ2v) is 4.67. The van der Waals surface area contributed by atoms with Crippen LogP contribution in [0.1, 0.15) is 6.92 Å². The van der Waals surface area contributed by atoms with Crippen molar-refractivity contribution in [2.75, 3.05) is 17.2 Å². The Bertz CT molecular complexity index is 759. The number of benzene rings is 2. The maximum Gasteiger partial charge on any atom is 0.314 e. The van der Waals surface area contributed by atoms with E-state index in [1.165, 1.54) is 24.3 Å². The Kier molecular flexibility index (Phi) is 5.45. The summed E-state index contributed by atoms with van der Waals surface area (Å²) in [6, 6.07) is 11.9. The zero-order valence-corrected chi connectivity index (χ0v) is 12.8. The molecule has 0 heterocycles. The van der Waals surface area contributed by atoms with Gasteiger partial charge >= 0.3 is 11.8 Å². The van der Waals surface area contributed by atoms with Crippen LogP contribution >= 0.6 is 0 Å². The summed E-state index contributed by atoms with van der Waals surface area (Å²) < 4.78 is 5.28. The number of non-ortho nitro benzene ring substituents is 1. The number of nitro benzene ring substituents is 1. The van der Waals surface area contributed by atoms with Crippen LogP contribution in [0.2, 0.25) is 0 Å². The second-order valence-electron chi connectivity index (χ2n) is 4.67. The molecule has 24 heavy (non-hydrogen) atoms. The van der Waals surface area contributed by atoms with Crippen molar-refractivity contribution in [1.82, 2.24) is 0 Å². The normalized spacial score (nSPS) is 9.88. The molecular formula is C16H15N3O5. The molecule has 0 saturated heterocycles. The molecule has 0 saturated carbocycles. The molecule has 8 heteroatoms. The number of carbonyl (C=O) groups excluding carboxylic acids is 2. The zero-order chi connectivity index (χ0) is 17.5. The van der Waals surface area contributed by atoms with Crippen LogP contribution in [0.25, 0.3) is 0 Å². The second kappa shape index (κ2) is 7.73. The van der Waals surface area contributed by atoms with Gasteiger partial charge in [-0.3, -0.25) is 19.7 Å². The highest BCUT2D eigenvalue weighted by Gasteiger charge is 2.15. The standard InChI is InChI=1S/C16H15N3O5/c1-2-24-14-8-6-11(7-9-14)17-15(20)16(21)18-12-4-3-5-13(10-12)19(22)23/h3-10H,2H2,1H3,(H,17,20)(H,18,21). The van der Waals surface area contributed by atoms with Gasteiger partial charge in [0.15, 0.2) is 0 Å². The lowest BCUT2D eigenvalue weighted by Gasteiger charge is -2.07. The van der Waals surface area contributed by atoms with Crippen molar-refractivity contribution in [1.29, 1.82) is 0 Å². The van der Waals surface area contributed by atoms with E-state index in [9.17, 15) is 19.7 Å². The van der Waals surface area contributed by atoms with Crippen LogP contribution in [0, 0.1) is 10.1 Å². The lowest BCUT2D eigenvalue weighted by molar-refractivity contribution is -0.384. The van der Waals surface area contributed by atoms with Gasteiger partial charge in [-0.15, -0.1) is 0 Å². The minimum atomic E-state index is -0.926. The third kappa shape index (κ3) is 4.54. The third-order valence-electron chi connectivity index (χ3n) is 2.94. The molecule has 0 aliphatic heterocycles. The predicted octanol–water partition coefficient (Wildman–Crippen LogP) is 2.57. The molecule has 124 valence electrons. The van der Waals surface area contributed by atoms with Gasteiger partial charge < -0.3 is 15.4 Å². The van der Waals surface area contributed by atoms with Crippen LogP contribution in [0.5, 0.6) is 5.75 Å². The molecule has 0 unspecified atom stereocenters. The fourth-order valence-electron chi connectivity index (χ4n) is 1.87. The average Bonchev–Trinajstić information content (AvgIpc) is 2.57. The van der Waals surface area contributed by atoms with Crippen LogP contribution in [-0.4, -0.2) is 23.3 Å². The van der Waals surface area contributed by atoms with Crippen molar-refractivity contribution in [3.05, 3.63) is 58.6 Å². The molecule has 0 aromatic heterocycles. The van der Waals surface area contributed by atoms with E-state index < -0.39 is 16.7 Å². The number of nitrogens with zero attached hydrogens (tertiary/aromatic N) is 1. The number of ether oxygens (including phenoxy) is 1. The van der Waals surface area contributed by atoms with E-state index in [1.54, 1.807) is 24.3 Å². The smallest absolute Gasteiger partial charge is 0.314 e. The minimum absolute atomic E-state index is 0.163. The summed E-state index contributed by atoms with van der Waals surface area (Å²) in [6.45, 7) is 2.38. The van der Waals surface area contributed by atoms with Crippen molar-refractivity contribution in [2.45, 2.75) is 6.92 Å². The van der Waals surface area contributed by atoms with Crippen molar-refractivity contribution in [3.8, 4) is 5.75 Å². The number of carbonyl (C=O) groups is 2. The molecule has 0 spiro atoms. The van der Waals surface area contributed by atoms with Gasteiger partial charge in [-0.25, -0.2) is 0 Å². The quantitative estimate of drug-likeness (QED) is 0.497. The lowest BCUT2D eigenvalue weighted by atomic mass is 10.2. The molecule has 0 aliphatic rings. The average molecular weight is 329 g/mol. The number of nitrogens with one attached hydrogen (secondary N) is 2. The first kappa shape index (κ1) is 16.9. The van der Waals surface area contributed by atoms with Crippen molar-refractivity contribution < 1.29 is 19.2 Å². The molecule has 0 aliphatic carbocycles. The molecule has 2 aromatic carbocycles. The SMILES string of the molecule is CCOc1ccc(NC(=O)C(=O)Nc2cccc([N+](=O)[O-])c2)cc1. The van der Waals surface area contributed by atoms with Gasteiger partial charge in [0, 0.05) is 23.5 Å². The molecule has 8 nitrogen and oxygen atoms in total. The largest absolute Gasteiger partial charge is 0.494 e. The fraction of sp³-hybridized carbons (Fsp3) is 0.125. The van der Waals surface area contributed by atoms with Gasteiger partial charge in [0.2, 0.25) is 0 Å². The summed E-state index contributed by atoms with van der Waals surface area (Å²) in [5.74, 6) is -1.16. The summed E-state index contributed by atoms with van der Waals surface area (Å²) in [5.41, 5.74) is 0.411. The van der Waals surface area contributed by atoms with Gasteiger partial charge in [-0.1, -0.05) is 6.07 Å². The summed E-state index contributed by atoms with van der Waals surface area (Å²) in [4.78, 5) is 33.8. The number of nitro groups is 1. The van der Waals surface area contributed by atoms with Gasteiger partial charge in [-0.2, -0.15) is 0 Å². The first-order valence-electron chi connectivity index (χ1n) is 7.09. The van der Waals surface area contributed by atoms with Gasteiger partial charge in [0.25, 0.3) is 5.69 Å². The summed E-state index contributed by atoms with van der Waals surface area (Å²) in [5, 5.41) is 15.4. The van der Waals surface area contributed by atoms with Crippen LogP contribution in [0.3, 0.4) is 0 Å². The van der Waals surface area contributed by atoms with Crippen molar-refractivity contribution in [3.63, 3.8) is 0 Å². The highest BCUT2D eigenvalue weighted by Crippen LogP contribution is 2.18. The van der Waals surface area contributed by atoms with E-state index in [4.69, 9.17) is 4.74 Å². The molecule has 2 aromatic rings. The molecule has 0 bridgehead atoms. The Morgan fingerprint density at radius 2 is 1.67 bits per heavy atom. The maximum atomic E-state index is 11.9. The topological polar surface area (TPSA) is 111 Å². The van der Waals surface area contributed by atoms with Gasteiger partial charge in [-0.05, 0) is 37.3 Å². The van der Waals surface area contributed by atoms with Crippen LogP contribution in [0.4, 0.5) is 17.1 Å². The Balaban J connectivity index is 1.98. The van der Waals surface area contributed by atoms with E-state index in [0.717, 1.165) is 0 Å². The number of rotatable bonds is 5. The Hall–Kier alpha value is -3.42. The minimum Gasteiger partial charge on any atom is -0.494 e. The predicted molar refractivity (Wildman–Crippen MR) is 88.0 cm³/mol. The van der Waals surface area contributed by atoms with Crippen molar-refractivity contribution in [2.24, 2.45) is 0 Å². The Labute approximate surface area is 137 Å². The molecular weight excluding hydrogens is 314 g/mol. The van der Waals surface area contributed by atoms with E-state index in [1.807, 2.05) is 6.92 Å². The van der Waals surface area contributed by atoms with Crippen molar-refractivity contribution >= 4 is 28.9 Å². The molecule has 0 radical (unpaired) electrons. The summed E-state index contributed by atoms with van der Waals surface area (Å²) in [6.07, 6.45) is 0. The molecule has 2 rings (SSSR count). The third-order valence-corrected chi connectivity index (χ3v) is 2.94. The lowest BCUT2D eigenvalue weighted by Crippen LogP contribution is -2.29. The number of hydrogen-bond donors (Lipinski definition) is 2. The van der Waals surface area contributed by atoms with Gasteiger partial charge in [0.05, 0.1) is 11.5 Å². The number of anilines is 2. The van der Waals surface area contributed by atoms with Crippen LogP contribution in [0.15, 0.2) is 48.5 Å². The van der Waals surface area contributed by atoms with Crippen LogP contribution in [-0.2, 0) is 9.59 Å². The fourth-order valence-corrected chi connectivity index (χ4v) is 1.87. The van der Waals surface area contributed by atoms with Crippen LogP contribution < -0.4 is 15.4 Å². The monoisotopic (exact) mass is 329 g/mol. The summed E-state index contributed by atoms with van der Waals surface area (Å²) in [7, 11) is 0. The highest BCUT2D eigenvalue weighted by molar-refractivity contribution is 6.43. The Morgan fingerprint density at radius 1 is 1.04 bits per heavy atom. The maximum absolute atomic E-state index is 11.9. The number of amides is 2. The molecule has 2 N–H and O–H groups in total. The highest BCUT2D eigenvalue weighted by atomic mass is 16.6. The van der Waals surface area contributed by atoms with E-state index >= 15 is 0 Å². The first-order valence-corrected chi connectivity index (χ1v) is 7.09. The van der Waals surface area contributed by atoms with E-state index in [-0.39, 0.29) is 11.4 Å².